The molecule has 0 atom stereocenters. The number of nitrogens with zero attached hydrogens (tertiary/aromatic N) is 2. The molecule has 0 spiro atoms. The van der Waals surface area contributed by atoms with Crippen LogP contribution < -0.4 is 11.1 Å². The van der Waals surface area contributed by atoms with E-state index in [1.165, 1.54) is 0 Å². The normalized spacial score (nSPS) is 10.4. The van der Waals surface area contributed by atoms with E-state index in [2.05, 4.69) is 17.2 Å². The van der Waals surface area contributed by atoms with Crippen LogP contribution in [-0.2, 0) is 13.6 Å². The number of nitrogens with one attached hydrogen (secondary N) is 1. The van der Waals surface area contributed by atoms with Gasteiger partial charge in [-0.15, -0.1) is 0 Å². The fourth-order valence-electron chi connectivity index (χ4n) is 0.883. The van der Waals surface area contributed by atoms with Gasteiger partial charge in [-0.3, -0.25) is 0 Å². The molecule has 0 radical (unpaired) electrons. The fourth-order valence-corrected chi connectivity index (χ4v) is 0.883. The number of rotatable bonds is 3. The second-order valence-electron chi connectivity index (χ2n) is 2.48. The van der Waals surface area contributed by atoms with Crippen LogP contribution in [0.2, 0.25) is 0 Å². The first-order chi connectivity index (χ1) is 5.24. The van der Waals surface area contributed by atoms with Crippen molar-refractivity contribution < 1.29 is 0 Å². The molecule has 0 aliphatic rings. The van der Waals surface area contributed by atoms with Crippen LogP contribution in [0.15, 0.2) is 6.20 Å². The maximum absolute atomic E-state index is 5.54. The summed E-state index contributed by atoms with van der Waals surface area (Å²) < 4.78 is 1.81. The van der Waals surface area contributed by atoms with Crippen molar-refractivity contribution in [3.05, 3.63) is 11.9 Å². The van der Waals surface area contributed by atoms with Gasteiger partial charge in [-0.05, 0) is 6.54 Å². The Bertz CT molecular complexity index is 209. The van der Waals surface area contributed by atoms with E-state index in [1.54, 1.807) is 0 Å². The Morgan fingerprint density at radius 2 is 2.45 bits per heavy atom. The smallest absolute Gasteiger partial charge is 0.200 e. The van der Waals surface area contributed by atoms with E-state index >= 15 is 0 Å². The zero-order chi connectivity index (χ0) is 8.27. The monoisotopic (exact) mass is 154 g/mol. The zero-order valence-corrected chi connectivity index (χ0v) is 6.96. The molecule has 62 valence electrons. The molecule has 0 saturated carbocycles. The van der Waals surface area contributed by atoms with Crippen molar-refractivity contribution in [2.24, 2.45) is 7.05 Å². The van der Waals surface area contributed by atoms with Gasteiger partial charge in [-0.25, -0.2) is 4.98 Å². The summed E-state index contributed by atoms with van der Waals surface area (Å²) in [6.45, 7) is 3.81. The number of hydrogen-bond acceptors (Lipinski definition) is 3. The van der Waals surface area contributed by atoms with Crippen LogP contribution in [0.25, 0.3) is 0 Å². The van der Waals surface area contributed by atoms with Crippen molar-refractivity contribution >= 4 is 5.95 Å². The third kappa shape index (κ3) is 1.94. The number of hydrogen-bond donors (Lipinski definition) is 2. The Morgan fingerprint density at radius 3 is 2.91 bits per heavy atom. The van der Waals surface area contributed by atoms with E-state index in [1.807, 2.05) is 17.8 Å². The van der Waals surface area contributed by atoms with Gasteiger partial charge in [0, 0.05) is 19.8 Å². The quantitative estimate of drug-likeness (QED) is 0.649. The van der Waals surface area contributed by atoms with Crippen LogP contribution in [0.3, 0.4) is 0 Å². The minimum Gasteiger partial charge on any atom is -0.369 e. The molecule has 1 rings (SSSR count). The van der Waals surface area contributed by atoms with Crippen molar-refractivity contribution in [2.75, 3.05) is 12.3 Å². The van der Waals surface area contributed by atoms with E-state index in [4.69, 9.17) is 5.73 Å². The van der Waals surface area contributed by atoms with Gasteiger partial charge in [0.2, 0.25) is 0 Å². The van der Waals surface area contributed by atoms with Gasteiger partial charge in [-0.2, -0.15) is 0 Å². The standard InChI is InChI=1S/C7H14N4/c1-3-9-4-6-5-11(2)7(8)10-6/h5,9H,3-4H2,1-2H3,(H2,8,10). The van der Waals surface area contributed by atoms with Gasteiger partial charge < -0.3 is 15.6 Å². The fraction of sp³-hybridized carbons (Fsp3) is 0.571. The van der Waals surface area contributed by atoms with Crippen molar-refractivity contribution in [1.82, 2.24) is 14.9 Å². The first-order valence-corrected chi connectivity index (χ1v) is 3.72. The van der Waals surface area contributed by atoms with Gasteiger partial charge in [0.05, 0.1) is 5.69 Å². The van der Waals surface area contributed by atoms with E-state index in [-0.39, 0.29) is 0 Å². The van der Waals surface area contributed by atoms with E-state index in [0.717, 1.165) is 18.8 Å². The molecule has 4 heteroatoms. The molecular formula is C7H14N4. The predicted octanol–water partition coefficient (Wildman–Crippen LogP) is 0.112. The summed E-state index contributed by atoms with van der Waals surface area (Å²) >= 11 is 0. The zero-order valence-electron chi connectivity index (χ0n) is 6.96. The summed E-state index contributed by atoms with van der Waals surface area (Å²) in [6.07, 6.45) is 1.93. The second-order valence-corrected chi connectivity index (χ2v) is 2.48. The number of imidazole rings is 1. The van der Waals surface area contributed by atoms with Gasteiger partial charge in [0.25, 0.3) is 0 Å². The van der Waals surface area contributed by atoms with E-state index < -0.39 is 0 Å². The van der Waals surface area contributed by atoms with Gasteiger partial charge in [-0.1, -0.05) is 6.92 Å². The SMILES string of the molecule is CCNCc1cn(C)c(N)n1. The van der Waals surface area contributed by atoms with Crippen LogP contribution >= 0.6 is 0 Å². The molecule has 0 saturated heterocycles. The lowest BCUT2D eigenvalue weighted by atomic mass is 10.5. The largest absolute Gasteiger partial charge is 0.369 e. The molecule has 0 aliphatic heterocycles. The summed E-state index contributed by atoms with van der Waals surface area (Å²) in [7, 11) is 1.89. The third-order valence-corrected chi connectivity index (χ3v) is 1.52. The summed E-state index contributed by atoms with van der Waals surface area (Å²) in [5.41, 5.74) is 6.53. The number of anilines is 1. The molecular weight excluding hydrogens is 140 g/mol. The predicted molar refractivity (Wildman–Crippen MR) is 45.0 cm³/mol. The number of nitrogens with two attached hydrogens (primary N) is 1. The van der Waals surface area contributed by atoms with Crippen LogP contribution in [0.1, 0.15) is 12.6 Å². The molecule has 0 bridgehead atoms. The summed E-state index contributed by atoms with van der Waals surface area (Å²) in [5, 5.41) is 3.17. The van der Waals surface area contributed by atoms with E-state index in [9.17, 15) is 0 Å². The lowest BCUT2D eigenvalue weighted by Crippen LogP contribution is -2.11. The molecule has 11 heavy (non-hydrogen) atoms. The lowest BCUT2D eigenvalue weighted by Gasteiger charge is -1.94. The molecule has 1 aromatic heterocycles. The van der Waals surface area contributed by atoms with Crippen molar-refractivity contribution in [3.63, 3.8) is 0 Å². The molecule has 0 aromatic carbocycles. The minimum absolute atomic E-state index is 0.568. The Labute approximate surface area is 66.4 Å². The first-order valence-electron chi connectivity index (χ1n) is 3.72. The molecule has 1 heterocycles. The highest BCUT2D eigenvalue weighted by Gasteiger charge is 1.98. The third-order valence-electron chi connectivity index (χ3n) is 1.52. The number of aryl methyl sites for hydroxylation is 1. The molecule has 4 nitrogen and oxygen atoms in total. The highest BCUT2D eigenvalue weighted by molar-refractivity contribution is 5.21. The number of nitrogen functional groups attached to an aromatic ring is 1. The lowest BCUT2D eigenvalue weighted by molar-refractivity contribution is 0.713. The molecule has 1 aromatic rings. The molecule has 3 N–H and O–H groups in total. The molecule has 0 amide bonds. The summed E-state index contributed by atoms with van der Waals surface area (Å²) in [5.74, 6) is 0.568. The maximum atomic E-state index is 5.54. The topological polar surface area (TPSA) is 55.9 Å². The Hall–Kier alpha value is -1.03. The summed E-state index contributed by atoms with van der Waals surface area (Å²) in [6, 6.07) is 0. The van der Waals surface area contributed by atoms with Crippen molar-refractivity contribution in [1.29, 1.82) is 0 Å². The minimum atomic E-state index is 0.568. The van der Waals surface area contributed by atoms with E-state index in [0.29, 0.717) is 5.95 Å². The highest BCUT2D eigenvalue weighted by atomic mass is 15.1. The molecule has 0 fully saturated rings. The summed E-state index contributed by atoms with van der Waals surface area (Å²) in [4.78, 5) is 4.13. The number of aromatic nitrogens is 2. The van der Waals surface area contributed by atoms with Crippen LogP contribution in [0, 0.1) is 0 Å². The van der Waals surface area contributed by atoms with Gasteiger partial charge >= 0.3 is 0 Å². The second kappa shape index (κ2) is 3.39. The van der Waals surface area contributed by atoms with Crippen molar-refractivity contribution in [2.45, 2.75) is 13.5 Å². The molecule has 0 unspecified atom stereocenters. The van der Waals surface area contributed by atoms with Gasteiger partial charge in [0.15, 0.2) is 5.95 Å². The first kappa shape index (κ1) is 8.07. The highest BCUT2D eigenvalue weighted by Crippen LogP contribution is 2.01. The van der Waals surface area contributed by atoms with Crippen LogP contribution in [0.5, 0.6) is 0 Å². The Kier molecular flexibility index (Phi) is 2.48. The maximum Gasteiger partial charge on any atom is 0.200 e. The van der Waals surface area contributed by atoms with Crippen LogP contribution in [0.4, 0.5) is 5.95 Å². The van der Waals surface area contributed by atoms with Crippen LogP contribution in [-0.4, -0.2) is 16.1 Å². The molecule has 0 aliphatic carbocycles. The Morgan fingerprint density at radius 1 is 1.73 bits per heavy atom. The average Bonchev–Trinajstić information content (AvgIpc) is 2.28. The van der Waals surface area contributed by atoms with Crippen molar-refractivity contribution in [3.8, 4) is 0 Å². The average molecular weight is 154 g/mol. The van der Waals surface area contributed by atoms with Gasteiger partial charge in [0.1, 0.15) is 0 Å². The Balaban J connectivity index is 2.58.